The zero-order valence-corrected chi connectivity index (χ0v) is 16.3. The molecule has 0 radical (unpaired) electrons. The molecule has 1 aromatic carbocycles. The van der Waals surface area contributed by atoms with Gasteiger partial charge in [-0.3, -0.25) is 0 Å². The first-order valence-corrected chi connectivity index (χ1v) is 9.41. The first-order chi connectivity index (χ1) is 9.61. The van der Waals surface area contributed by atoms with Crippen molar-refractivity contribution < 1.29 is 8.42 Å². The van der Waals surface area contributed by atoms with Crippen molar-refractivity contribution in [1.29, 1.82) is 0 Å². The van der Waals surface area contributed by atoms with E-state index in [1.165, 1.54) is 16.4 Å². The van der Waals surface area contributed by atoms with E-state index in [0.29, 0.717) is 17.6 Å². The predicted octanol–water partition coefficient (Wildman–Crippen LogP) is 3.72. The maximum Gasteiger partial charge on any atom is 0.246 e. The molecule has 1 atom stereocenters. The summed E-state index contributed by atoms with van der Waals surface area (Å²) in [5, 5.41) is 0.231. The summed E-state index contributed by atoms with van der Waals surface area (Å²) >= 11 is 15.4. The van der Waals surface area contributed by atoms with E-state index in [1.54, 1.807) is 6.92 Å². The molecule has 0 heterocycles. The lowest BCUT2D eigenvalue weighted by molar-refractivity contribution is 0.271. The van der Waals surface area contributed by atoms with Crippen molar-refractivity contribution >= 4 is 49.2 Å². The molecule has 0 N–H and O–H groups in total. The van der Waals surface area contributed by atoms with Crippen molar-refractivity contribution in [2.45, 2.75) is 24.8 Å². The molecule has 0 amide bonds. The second-order valence-electron chi connectivity index (χ2n) is 5.02. The largest absolute Gasteiger partial charge is 0.308 e. The molecule has 1 aromatic rings. The number of likely N-dealkylation sites (N-methyl/N-ethyl adjacent to an activating group) is 2. The quantitative estimate of drug-likeness (QED) is 0.708. The lowest BCUT2D eigenvalue weighted by Gasteiger charge is -2.29. The fraction of sp³-hybridized carbons (Fsp3) is 0.538. The summed E-state index contributed by atoms with van der Waals surface area (Å²) < 4.78 is 27.8. The van der Waals surface area contributed by atoms with Crippen LogP contribution < -0.4 is 0 Å². The van der Waals surface area contributed by atoms with E-state index < -0.39 is 10.0 Å². The number of nitrogens with zero attached hydrogens (tertiary/aromatic N) is 2. The van der Waals surface area contributed by atoms with E-state index in [-0.39, 0.29) is 21.0 Å². The Bertz CT molecular complexity index is 585. The number of hydrogen-bond acceptors (Lipinski definition) is 3. The van der Waals surface area contributed by atoms with Crippen molar-refractivity contribution in [2.75, 3.05) is 27.2 Å². The van der Waals surface area contributed by atoms with E-state index >= 15 is 0 Å². The van der Waals surface area contributed by atoms with Crippen molar-refractivity contribution in [3.8, 4) is 0 Å². The highest BCUT2D eigenvalue weighted by Crippen LogP contribution is 2.35. The minimum atomic E-state index is -3.75. The van der Waals surface area contributed by atoms with E-state index in [1.807, 2.05) is 25.9 Å². The SMILES string of the molecule is CCN(C(C)CN(C)C)S(=O)(=O)c1c(Cl)cc(Br)cc1Cl. The number of sulfonamides is 1. The average Bonchev–Trinajstić information content (AvgIpc) is 2.25. The van der Waals surface area contributed by atoms with E-state index in [2.05, 4.69) is 15.9 Å². The van der Waals surface area contributed by atoms with E-state index in [4.69, 9.17) is 23.2 Å². The van der Waals surface area contributed by atoms with Crippen LogP contribution in [0.3, 0.4) is 0 Å². The topological polar surface area (TPSA) is 40.6 Å². The lowest BCUT2D eigenvalue weighted by atomic mass is 10.3. The van der Waals surface area contributed by atoms with Gasteiger partial charge in [0.25, 0.3) is 0 Å². The summed E-state index contributed by atoms with van der Waals surface area (Å²) in [6, 6.07) is 2.88. The van der Waals surface area contributed by atoms with Crippen LogP contribution in [0, 0.1) is 0 Å². The van der Waals surface area contributed by atoms with Gasteiger partial charge in [-0.15, -0.1) is 0 Å². The number of rotatable bonds is 6. The minimum absolute atomic E-state index is 0.0403. The fourth-order valence-corrected chi connectivity index (χ4v) is 5.75. The van der Waals surface area contributed by atoms with Crippen LogP contribution in [0.4, 0.5) is 0 Å². The molecule has 1 unspecified atom stereocenters. The maximum absolute atomic E-state index is 12.9. The smallest absolute Gasteiger partial charge is 0.246 e. The number of halogens is 3. The van der Waals surface area contributed by atoms with Crippen LogP contribution in [0.15, 0.2) is 21.5 Å². The van der Waals surface area contributed by atoms with Crippen LogP contribution in [0.25, 0.3) is 0 Å². The fourth-order valence-electron chi connectivity index (χ4n) is 2.23. The van der Waals surface area contributed by atoms with Gasteiger partial charge in [0.1, 0.15) is 4.90 Å². The molecule has 0 aliphatic rings. The van der Waals surface area contributed by atoms with Crippen molar-refractivity contribution in [3.05, 3.63) is 26.7 Å². The molecule has 1 rings (SSSR count). The molecule has 0 fully saturated rings. The standard InChI is InChI=1S/C13H19BrCl2N2O2S/c1-5-18(9(2)8-17(3)4)21(19,20)13-11(15)6-10(14)7-12(13)16/h6-7,9H,5,8H2,1-4H3. The first-order valence-electron chi connectivity index (χ1n) is 6.42. The van der Waals surface area contributed by atoms with Crippen molar-refractivity contribution in [2.24, 2.45) is 0 Å². The monoisotopic (exact) mass is 416 g/mol. The highest BCUT2D eigenvalue weighted by Gasteiger charge is 2.32. The van der Waals surface area contributed by atoms with Crippen LogP contribution in [-0.2, 0) is 10.0 Å². The third kappa shape index (κ3) is 4.56. The molecule has 0 spiro atoms. The van der Waals surface area contributed by atoms with Gasteiger partial charge < -0.3 is 4.90 Å². The van der Waals surface area contributed by atoms with Gasteiger partial charge in [-0.05, 0) is 33.2 Å². The Morgan fingerprint density at radius 3 is 2.10 bits per heavy atom. The van der Waals surface area contributed by atoms with Crippen molar-refractivity contribution in [3.63, 3.8) is 0 Å². The molecular formula is C13H19BrCl2N2O2S. The molecule has 0 aliphatic carbocycles. The minimum Gasteiger partial charge on any atom is -0.308 e. The van der Waals surface area contributed by atoms with Crippen LogP contribution >= 0.6 is 39.1 Å². The summed E-state index contributed by atoms with van der Waals surface area (Å²) in [7, 11) is 0.0465. The third-order valence-electron chi connectivity index (χ3n) is 2.96. The van der Waals surface area contributed by atoms with Crippen LogP contribution in [0.5, 0.6) is 0 Å². The third-order valence-corrected chi connectivity index (χ3v) is 6.43. The Morgan fingerprint density at radius 2 is 1.71 bits per heavy atom. The van der Waals surface area contributed by atoms with Gasteiger partial charge >= 0.3 is 0 Å². The Morgan fingerprint density at radius 1 is 1.24 bits per heavy atom. The summed E-state index contributed by atoms with van der Waals surface area (Å²) in [5.74, 6) is 0. The van der Waals surface area contributed by atoms with Crippen molar-refractivity contribution in [1.82, 2.24) is 9.21 Å². The molecule has 8 heteroatoms. The summed E-state index contributed by atoms with van der Waals surface area (Å²) in [4.78, 5) is 1.90. The second-order valence-corrected chi connectivity index (χ2v) is 8.58. The molecule has 4 nitrogen and oxygen atoms in total. The zero-order chi connectivity index (χ0) is 16.4. The Labute approximate surface area is 145 Å². The van der Waals surface area contributed by atoms with Gasteiger partial charge in [-0.2, -0.15) is 4.31 Å². The number of hydrogen-bond donors (Lipinski definition) is 0. The summed E-state index contributed by atoms with van der Waals surface area (Å²) in [6.07, 6.45) is 0. The lowest BCUT2D eigenvalue weighted by Crippen LogP contribution is -2.43. The molecule has 21 heavy (non-hydrogen) atoms. The molecule has 120 valence electrons. The summed E-state index contributed by atoms with van der Waals surface area (Å²) in [6.45, 7) is 4.62. The molecule has 0 saturated heterocycles. The molecule has 0 bridgehead atoms. The highest BCUT2D eigenvalue weighted by molar-refractivity contribution is 9.10. The van der Waals surface area contributed by atoms with Crippen LogP contribution in [0.2, 0.25) is 10.0 Å². The number of benzene rings is 1. The van der Waals surface area contributed by atoms with Crippen LogP contribution in [0.1, 0.15) is 13.8 Å². The molecular weight excluding hydrogens is 399 g/mol. The highest BCUT2D eigenvalue weighted by atomic mass is 79.9. The predicted molar refractivity (Wildman–Crippen MR) is 91.7 cm³/mol. The second kappa shape index (κ2) is 7.62. The Hall–Kier alpha value is 0.150. The molecule has 0 aromatic heterocycles. The average molecular weight is 418 g/mol. The van der Waals surface area contributed by atoms with Gasteiger partial charge in [-0.1, -0.05) is 46.1 Å². The Balaban J connectivity index is 3.32. The van der Waals surface area contributed by atoms with Gasteiger partial charge in [-0.25, -0.2) is 8.42 Å². The zero-order valence-electron chi connectivity index (χ0n) is 12.4. The Kier molecular flexibility index (Phi) is 6.96. The van der Waals surface area contributed by atoms with E-state index in [9.17, 15) is 8.42 Å². The van der Waals surface area contributed by atoms with Gasteiger partial charge in [0.05, 0.1) is 10.0 Å². The van der Waals surface area contributed by atoms with E-state index in [0.717, 1.165) is 0 Å². The summed E-state index contributed by atoms with van der Waals surface area (Å²) in [5.41, 5.74) is 0. The molecule has 0 saturated carbocycles. The normalized spacial score (nSPS) is 14.0. The molecule has 0 aliphatic heterocycles. The van der Waals surface area contributed by atoms with Gasteiger partial charge in [0.2, 0.25) is 10.0 Å². The maximum atomic E-state index is 12.9. The van der Waals surface area contributed by atoms with Crippen LogP contribution in [-0.4, -0.2) is 50.8 Å². The van der Waals surface area contributed by atoms with Gasteiger partial charge in [0.15, 0.2) is 0 Å². The first kappa shape index (κ1) is 19.2. The van der Waals surface area contributed by atoms with Gasteiger partial charge in [0, 0.05) is 23.6 Å².